The van der Waals surface area contributed by atoms with Gasteiger partial charge in [0.25, 0.3) is 0 Å². The number of benzene rings is 1. The van der Waals surface area contributed by atoms with Crippen LogP contribution in [-0.2, 0) is 0 Å². The van der Waals surface area contributed by atoms with E-state index in [1.165, 1.54) is 43.9 Å². The van der Waals surface area contributed by atoms with Crippen LogP contribution in [0.4, 0.5) is 5.82 Å². The Morgan fingerprint density at radius 1 is 1.05 bits per heavy atom. The fourth-order valence-electron chi connectivity index (χ4n) is 3.07. The van der Waals surface area contributed by atoms with Crippen LogP contribution in [0.1, 0.15) is 38.5 Å². The van der Waals surface area contributed by atoms with E-state index in [0.717, 1.165) is 23.8 Å². The molecule has 0 bridgehead atoms. The first-order chi connectivity index (χ1) is 9.42. The van der Waals surface area contributed by atoms with Gasteiger partial charge in [-0.15, -0.1) is 0 Å². The molecular formula is C17H22N2. The van der Waals surface area contributed by atoms with Gasteiger partial charge in [-0.2, -0.15) is 0 Å². The first kappa shape index (κ1) is 12.5. The summed E-state index contributed by atoms with van der Waals surface area (Å²) in [6, 6.07) is 12.5. The zero-order valence-corrected chi connectivity index (χ0v) is 11.4. The van der Waals surface area contributed by atoms with Crippen molar-refractivity contribution in [3.05, 3.63) is 36.4 Å². The van der Waals surface area contributed by atoms with Crippen molar-refractivity contribution in [2.45, 2.75) is 38.5 Å². The van der Waals surface area contributed by atoms with E-state index < -0.39 is 0 Å². The van der Waals surface area contributed by atoms with Crippen molar-refractivity contribution in [3.63, 3.8) is 0 Å². The number of nitrogens with one attached hydrogen (secondary N) is 1. The molecule has 0 amide bonds. The van der Waals surface area contributed by atoms with E-state index in [9.17, 15) is 0 Å². The van der Waals surface area contributed by atoms with Gasteiger partial charge in [0.2, 0.25) is 0 Å². The second-order valence-electron chi connectivity index (χ2n) is 5.61. The van der Waals surface area contributed by atoms with Crippen molar-refractivity contribution in [2.24, 2.45) is 5.92 Å². The summed E-state index contributed by atoms with van der Waals surface area (Å²) < 4.78 is 0. The zero-order valence-electron chi connectivity index (χ0n) is 11.4. The molecule has 19 heavy (non-hydrogen) atoms. The van der Waals surface area contributed by atoms with Gasteiger partial charge in [-0.3, -0.25) is 0 Å². The monoisotopic (exact) mass is 254 g/mol. The van der Waals surface area contributed by atoms with Gasteiger partial charge in [0.05, 0.1) is 5.52 Å². The van der Waals surface area contributed by atoms with Crippen molar-refractivity contribution in [1.29, 1.82) is 0 Å². The molecule has 1 saturated carbocycles. The number of anilines is 1. The van der Waals surface area contributed by atoms with Gasteiger partial charge >= 0.3 is 0 Å². The Kier molecular flexibility index (Phi) is 3.97. The molecule has 2 aromatic rings. The van der Waals surface area contributed by atoms with E-state index in [0.29, 0.717) is 0 Å². The Morgan fingerprint density at radius 3 is 2.79 bits per heavy atom. The highest BCUT2D eigenvalue weighted by Gasteiger charge is 2.13. The maximum atomic E-state index is 4.63. The van der Waals surface area contributed by atoms with Crippen LogP contribution in [0.5, 0.6) is 0 Å². The summed E-state index contributed by atoms with van der Waals surface area (Å²) >= 11 is 0. The van der Waals surface area contributed by atoms with Crippen molar-refractivity contribution < 1.29 is 0 Å². The van der Waals surface area contributed by atoms with Gasteiger partial charge in [-0.1, -0.05) is 43.9 Å². The van der Waals surface area contributed by atoms with E-state index >= 15 is 0 Å². The Bertz CT molecular complexity index is 530. The number of rotatable bonds is 5. The summed E-state index contributed by atoms with van der Waals surface area (Å²) in [6.45, 7) is 1.04. The van der Waals surface area contributed by atoms with Crippen molar-refractivity contribution in [3.8, 4) is 0 Å². The Morgan fingerprint density at radius 2 is 1.89 bits per heavy atom. The van der Waals surface area contributed by atoms with E-state index in [2.05, 4.69) is 40.6 Å². The lowest BCUT2D eigenvalue weighted by atomic mass is 10.0. The molecule has 3 rings (SSSR count). The van der Waals surface area contributed by atoms with Crippen LogP contribution in [-0.4, -0.2) is 11.5 Å². The van der Waals surface area contributed by atoms with E-state index in [4.69, 9.17) is 0 Å². The van der Waals surface area contributed by atoms with E-state index in [1.807, 2.05) is 6.07 Å². The minimum Gasteiger partial charge on any atom is -0.370 e. The second kappa shape index (κ2) is 6.05. The van der Waals surface area contributed by atoms with Crippen molar-refractivity contribution >= 4 is 16.7 Å². The highest BCUT2D eigenvalue weighted by Crippen LogP contribution is 2.28. The van der Waals surface area contributed by atoms with Gasteiger partial charge in [0.15, 0.2) is 0 Å². The lowest BCUT2D eigenvalue weighted by Gasteiger charge is -2.10. The number of aromatic nitrogens is 1. The molecule has 0 saturated heterocycles. The smallest absolute Gasteiger partial charge is 0.126 e. The molecule has 1 heterocycles. The summed E-state index contributed by atoms with van der Waals surface area (Å²) in [7, 11) is 0. The van der Waals surface area contributed by atoms with E-state index in [1.54, 1.807) is 0 Å². The first-order valence-corrected chi connectivity index (χ1v) is 7.51. The number of nitrogens with zero attached hydrogens (tertiary/aromatic N) is 1. The molecule has 1 fully saturated rings. The van der Waals surface area contributed by atoms with E-state index in [-0.39, 0.29) is 0 Å². The van der Waals surface area contributed by atoms with Crippen LogP contribution >= 0.6 is 0 Å². The van der Waals surface area contributed by atoms with Crippen LogP contribution in [0.15, 0.2) is 36.4 Å². The Hall–Kier alpha value is -1.57. The first-order valence-electron chi connectivity index (χ1n) is 7.51. The highest BCUT2D eigenvalue weighted by atomic mass is 15.0. The SMILES string of the molecule is c1ccc2nc(NCCCC3CCCC3)ccc2c1. The van der Waals surface area contributed by atoms with Crippen molar-refractivity contribution in [1.82, 2.24) is 4.98 Å². The van der Waals surface area contributed by atoms with Crippen LogP contribution in [0.2, 0.25) is 0 Å². The number of fused-ring (bicyclic) bond motifs is 1. The standard InChI is InChI=1S/C17H22N2/c1-2-7-14(6-1)8-5-13-18-17-12-11-15-9-3-4-10-16(15)19-17/h3-4,9-12,14H,1-2,5-8,13H2,(H,18,19). The van der Waals surface area contributed by atoms with Crippen LogP contribution in [0.25, 0.3) is 10.9 Å². The molecule has 0 unspecified atom stereocenters. The number of hydrogen-bond donors (Lipinski definition) is 1. The molecule has 1 aliphatic rings. The van der Waals surface area contributed by atoms with Gasteiger partial charge in [0, 0.05) is 11.9 Å². The summed E-state index contributed by atoms with van der Waals surface area (Å²) in [5, 5.41) is 4.66. The zero-order chi connectivity index (χ0) is 12.9. The largest absolute Gasteiger partial charge is 0.370 e. The topological polar surface area (TPSA) is 24.9 Å². The highest BCUT2D eigenvalue weighted by molar-refractivity contribution is 5.79. The number of para-hydroxylation sites is 1. The van der Waals surface area contributed by atoms with Gasteiger partial charge < -0.3 is 5.32 Å². The Balaban J connectivity index is 1.50. The molecule has 0 aliphatic heterocycles. The minimum atomic E-state index is 0.992. The lowest BCUT2D eigenvalue weighted by Crippen LogP contribution is -2.05. The third-order valence-corrected chi connectivity index (χ3v) is 4.17. The average Bonchev–Trinajstić information content (AvgIpc) is 2.97. The molecule has 1 aromatic heterocycles. The molecular weight excluding hydrogens is 232 g/mol. The molecule has 2 heteroatoms. The molecule has 1 aliphatic carbocycles. The second-order valence-corrected chi connectivity index (χ2v) is 5.61. The number of pyridine rings is 1. The lowest BCUT2D eigenvalue weighted by molar-refractivity contribution is 0.491. The maximum Gasteiger partial charge on any atom is 0.126 e. The van der Waals surface area contributed by atoms with Crippen LogP contribution in [0, 0.1) is 5.92 Å². The average molecular weight is 254 g/mol. The van der Waals surface area contributed by atoms with Gasteiger partial charge in [-0.05, 0) is 37.0 Å². The predicted octanol–water partition coefficient (Wildman–Crippen LogP) is 4.62. The number of hydrogen-bond acceptors (Lipinski definition) is 2. The fourth-order valence-corrected chi connectivity index (χ4v) is 3.07. The van der Waals surface area contributed by atoms with Gasteiger partial charge in [0.1, 0.15) is 5.82 Å². The van der Waals surface area contributed by atoms with Crippen LogP contribution < -0.4 is 5.32 Å². The molecule has 1 N–H and O–H groups in total. The maximum absolute atomic E-state index is 4.63. The normalized spacial score (nSPS) is 16.0. The summed E-state index contributed by atoms with van der Waals surface area (Å²) in [4.78, 5) is 4.63. The fraction of sp³-hybridized carbons (Fsp3) is 0.471. The third kappa shape index (κ3) is 3.25. The van der Waals surface area contributed by atoms with Gasteiger partial charge in [-0.25, -0.2) is 4.98 Å². The molecule has 0 atom stereocenters. The molecule has 0 radical (unpaired) electrons. The molecule has 2 nitrogen and oxygen atoms in total. The molecule has 100 valence electrons. The summed E-state index contributed by atoms with van der Waals surface area (Å²) in [5.74, 6) is 2.00. The summed E-state index contributed by atoms with van der Waals surface area (Å²) in [6.07, 6.45) is 8.44. The molecule has 1 aromatic carbocycles. The molecule has 0 spiro atoms. The predicted molar refractivity (Wildman–Crippen MR) is 81.4 cm³/mol. The summed E-state index contributed by atoms with van der Waals surface area (Å²) in [5.41, 5.74) is 1.07. The quantitative estimate of drug-likeness (QED) is 0.788. The van der Waals surface area contributed by atoms with Crippen LogP contribution in [0.3, 0.4) is 0 Å². The minimum absolute atomic E-state index is 0.992. The Labute approximate surface area is 115 Å². The van der Waals surface area contributed by atoms with Crippen molar-refractivity contribution in [2.75, 3.05) is 11.9 Å². The third-order valence-electron chi connectivity index (χ3n) is 4.17.